The molecule has 3 aromatic rings. The number of carbonyl (C=O) groups excluding carboxylic acids is 1. The summed E-state index contributed by atoms with van der Waals surface area (Å²) in [6, 6.07) is 6.72. The molecule has 1 amide bonds. The van der Waals surface area contributed by atoms with Gasteiger partial charge in [-0.15, -0.1) is 0 Å². The van der Waals surface area contributed by atoms with Crippen LogP contribution in [0, 0.1) is 5.82 Å². The van der Waals surface area contributed by atoms with Crippen molar-refractivity contribution >= 4 is 22.6 Å². The first-order chi connectivity index (χ1) is 10.2. The average molecular weight is 281 g/mol. The van der Waals surface area contributed by atoms with E-state index in [9.17, 15) is 9.18 Å². The second kappa shape index (κ2) is 4.41. The summed E-state index contributed by atoms with van der Waals surface area (Å²) >= 11 is 0. The maximum absolute atomic E-state index is 13.2. The zero-order valence-corrected chi connectivity index (χ0v) is 11.1. The minimum atomic E-state index is -0.262. The van der Waals surface area contributed by atoms with Crippen LogP contribution in [0.4, 0.5) is 10.2 Å². The van der Waals surface area contributed by atoms with Crippen molar-refractivity contribution in [3.8, 4) is 11.1 Å². The van der Waals surface area contributed by atoms with Crippen molar-refractivity contribution in [1.29, 1.82) is 0 Å². The smallest absolute Gasteiger partial charge is 0.225 e. The van der Waals surface area contributed by atoms with E-state index in [4.69, 9.17) is 0 Å². The third kappa shape index (κ3) is 1.98. The van der Waals surface area contributed by atoms with Crippen molar-refractivity contribution in [2.45, 2.75) is 12.8 Å². The number of hydrogen-bond acceptors (Lipinski definition) is 2. The Morgan fingerprint density at radius 3 is 3.00 bits per heavy atom. The number of pyridine rings is 1. The molecule has 0 saturated heterocycles. The second-order valence-electron chi connectivity index (χ2n) is 5.17. The van der Waals surface area contributed by atoms with Gasteiger partial charge in [-0.2, -0.15) is 0 Å². The molecule has 0 bridgehead atoms. The highest BCUT2D eigenvalue weighted by Gasteiger charge is 2.17. The Kier molecular flexibility index (Phi) is 2.54. The van der Waals surface area contributed by atoms with Gasteiger partial charge in [0.2, 0.25) is 5.91 Å². The number of benzene rings is 1. The van der Waals surface area contributed by atoms with Crippen molar-refractivity contribution in [2.75, 3.05) is 5.32 Å². The zero-order chi connectivity index (χ0) is 14.4. The van der Waals surface area contributed by atoms with Crippen LogP contribution in [-0.4, -0.2) is 15.9 Å². The second-order valence-corrected chi connectivity index (χ2v) is 5.17. The van der Waals surface area contributed by atoms with Gasteiger partial charge >= 0.3 is 0 Å². The Balaban J connectivity index is 1.84. The van der Waals surface area contributed by atoms with Gasteiger partial charge in [-0.05, 0) is 36.2 Å². The van der Waals surface area contributed by atoms with Gasteiger partial charge in [0.15, 0.2) is 0 Å². The largest absolute Gasteiger partial charge is 0.360 e. The molecule has 104 valence electrons. The van der Waals surface area contributed by atoms with Crippen LogP contribution in [0.1, 0.15) is 12.0 Å². The summed E-state index contributed by atoms with van der Waals surface area (Å²) in [5, 5.41) is 3.73. The van der Waals surface area contributed by atoms with Crippen LogP contribution in [0.5, 0.6) is 0 Å². The van der Waals surface area contributed by atoms with E-state index in [1.807, 2.05) is 12.3 Å². The Morgan fingerprint density at radius 2 is 2.10 bits per heavy atom. The molecule has 0 fully saturated rings. The number of hydrogen-bond donors (Lipinski definition) is 2. The molecular formula is C16H12FN3O. The van der Waals surface area contributed by atoms with Gasteiger partial charge in [0.25, 0.3) is 0 Å². The zero-order valence-electron chi connectivity index (χ0n) is 11.1. The van der Waals surface area contributed by atoms with Crippen LogP contribution in [-0.2, 0) is 11.2 Å². The van der Waals surface area contributed by atoms with Crippen molar-refractivity contribution in [2.24, 2.45) is 0 Å². The Labute approximate surface area is 120 Å². The Hall–Kier alpha value is -2.69. The number of aromatic nitrogens is 2. The highest BCUT2D eigenvalue weighted by Crippen LogP contribution is 2.31. The lowest BCUT2D eigenvalue weighted by Gasteiger charge is -2.16. The first kappa shape index (κ1) is 12.1. The van der Waals surface area contributed by atoms with E-state index in [0.29, 0.717) is 18.7 Å². The van der Waals surface area contributed by atoms with Gasteiger partial charge in [0, 0.05) is 40.8 Å². The number of H-pyrrole nitrogens is 1. The number of amides is 1. The number of rotatable bonds is 1. The van der Waals surface area contributed by atoms with E-state index < -0.39 is 0 Å². The van der Waals surface area contributed by atoms with Crippen molar-refractivity contribution in [3.63, 3.8) is 0 Å². The first-order valence-electron chi connectivity index (χ1n) is 6.76. The summed E-state index contributed by atoms with van der Waals surface area (Å²) < 4.78 is 13.2. The molecule has 1 aliphatic rings. The molecule has 4 nitrogen and oxygen atoms in total. The summed E-state index contributed by atoms with van der Waals surface area (Å²) in [5.41, 5.74) is 3.74. The highest BCUT2D eigenvalue weighted by atomic mass is 19.1. The summed E-state index contributed by atoms with van der Waals surface area (Å²) in [4.78, 5) is 18.8. The third-order valence-corrected chi connectivity index (χ3v) is 3.80. The van der Waals surface area contributed by atoms with Gasteiger partial charge in [-0.25, -0.2) is 9.37 Å². The fourth-order valence-electron chi connectivity index (χ4n) is 2.74. The van der Waals surface area contributed by atoms with E-state index in [1.165, 1.54) is 12.1 Å². The predicted molar refractivity (Wildman–Crippen MR) is 78.4 cm³/mol. The fraction of sp³-hybridized carbons (Fsp3) is 0.125. The molecular weight excluding hydrogens is 269 g/mol. The molecule has 0 spiro atoms. The summed E-state index contributed by atoms with van der Waals surface area (Å²) in [6.45, 7) is 0. The number of carbonyl (C=O) groups is 1. The van der Waals surface area contributed by atoms with Crippen molar-refractivity contribution in [3.05, 3.63) is 48.0 Å². The molecule has 0 atom stereocenters. The SMILES string of the molecule is O=C1CCc2cc(-c3c[nH]c4cc(F)ccc34)cnc2N1. The van der Waals surface area contributed by atoms with E-state index in [1.54, 1.807) is 12.3 Å². The molecule has 5 heteroatoms. The molecule has 1 aliphatic heterocycles. The topological polar surface area (TPSA) is 57.8 Å². The molecule has 3 heterocycles. The predicted octanol–water partition coefficient (Wildman–Crippen LogP) is 3.25. The van der Waals surface area contributed by atoms with E-state index in [0.717, 1.165) is 27.6 Å². The van der Waals surface area contributed by atoms with Gasteiger partial charge in [0.05, 0.1) is 0 Å². The van der Waals surface area contributed by atoms with Crippen molar-refractivity contribution in [1.82, 2.24) is 9.97 Å². The van der Waals surface area contributed by atoms with E-state index in [2.05, 4.69) is 15.3 Å². The third-order valence-electron chi connectivity index (χ3n) is 3.80. The minimum absolute atomic E-state index is 0.00493. The molecule has 2 aromatic heterocycles. The maximum atomic E-state index is 13.2. The van der Waals surface area contributed by atoms with Crippen LogP contribution in [0.25, 0.3) is 22.0 Å². The average Bonchev–Trinajstić information content (AvgIpc) is 2.89. The van der Waals surface area contributed by atoms with Gasteiger partial charge in [-0.1, -0.05) is 0 Å². The summed E-state index contributed by atoms with van der Waals surface area (Å²) in [5.74, 6) is 0.383. The number of anilines is 1. The number of aromatic amines is 1. The normalized spacial score (nSPS) is 14.0. The summed E-state index contributed by atoms with van der Waals surface area (Å²) in [7, 11) is 0. The van der Waals surface area contributed by atoms with Gasteiger partial charge in [0.1, 0.15) is 11.6 Å². The molecule has 0 radical (unpaired) electrons. The standard InChI is InChI=1S/C16H12FN3O/c17-11-2-3-12-13(8-18-14(12)6-11)10-5-9-1-4-15(21)20-16(9)19-7-10/h2-3,5-8,18H,1,4H2,(H,19,20,21). The van der Waals surface area contributed by atoms with Crippen LogP contribution in [0.15, 0.2) is 36.7 Å². The van der Waals surface area contributed by atoms with Crippen LogP contribution in [0.3, 0.4) is 0 Å². The fourth-order valence-corrected chi connectivity index (χ4v) is 2.74. The molecule has 0 unspecified atom stereocenters. The Bertz CT molecular complexity index is 869. The molecule has 2 N–H and O–H groups in total. The lowest BCUT2D eigenvalue weighted by molar-refractivity contribution is -0.116. The van der Waals surface area contributed by atoms with Gasteiger partial charge in [-0.3, -0.25) is 4.79 Å². The number of fused-ring (bicyclic) bond motifs is 2. The molecule has 1 aromatic carbocycles. The van der Waals surface area contributed by atoms with Crippen LogP contribution < -0.4 is 5.32 Å². The van der Waals surface area contributed by atoms with E-state index in [-0.39, 0.29) is 11.7 Å². The number of nitrogens with one attached hydrogen (secondary N) is 2. The lowest BCUT2D eigenvalue weighted by Crippen LogP contribution is -2.20. The maximum Gasteiger partial charge on any atom is 0.225 e. The van der Waals surface area contributed by atoms with Crippen LogP contribution in [0.2, 0.25) is 0 Å². The lowest BCUT2D eigenvalue weighted by atomic mass is 10.0. The molecule has 0 aliphatic carbocycles. The molecule has 0 saturated carbocycles. The monoisotopic (exact) mass is 281 g/mol. The highest BCUT2D eigenvalue weighted by molar-refractivity contribution is 5.97. The summed E-state index contributed by atoms with van der Waals surface area (Å²) in [6.07, 6.45) is 4.77. The quantitative estimate of drug-likeness (QED) is 0.719. The molecule has 21 heavy (non-hydrogen) atoms. The first-order valence-corrected chi connectivity index (χ1v) is 6.76. The number of aryl methyl sites for hydroxylation is 1. The van der Waals surface area contributed by atoms with E-state index >= 15 is 0 Å². The minimum Gasteiger partial charge on any atom is -0.360 e. The van der Waals surface area contributed by atoms with Crippen LogP contribution >= 0.6 is 0 Å². The Morgan fingerprint density at radius 1 is 1.19 bits per heavy atom. The van der Waals surface area contributed by atoms with Gasteiger partial charge < -0.3 is 10.3 Å². The number of nitrogens with zero attached hydrogens (tertiary/aromatic N) is 1. The number of halogens is 1. The molecule has 4 rings (SSSR count). The van der Waals surface area contributed by atoms with Crippen molar-refractivity contribution < 1.29 is 9.18 Å².